The van der Waals surface area contributed by atoms with Crippen molar-refractivity contribution in [3.63, 3.8) is 0 Å². The number of nitrogens with two attached hydrogens (primary N) is 1. The van der Waals surface area contributed by atoms with Gasteiger partial charge in [-0.3, -0.25) is 10.8 Å². The van der Waals surface area contributed by atoms with Crippen LogP contribution in [0.1, 0.15) is 0 Å². The third-order valence-corrected chi connectivity index (χ3v) is 2.52. The topological polar surface area (TPSA) is 117 Å². The standard InChI is InChI=1S/C11H13N5O2S/c1-17-8-3-6(10(19)4-9(8)18-2)15-16-7(5-12)11(13)14/h3-4,15,19H,1-2H3,(H3,13,14)/b16-7+. The number of nitrogens with one attached hydrogen (secondary N) is 2. The normalized spacial score (nSPS) is 10.5. The Kier molecular flexibility index (Phi) is 5.02. The van der Waals surface area contributed by atoms with Crippen LogP contribution in [0.3, 0.4) is 0 Å². The van der Waals surface area contributed by atoms with Gasteiger partial charge in [0.15, 0.2) is 17.3 Å². The number of thiol groups is 1. The van der Waals surface area contributed by atoms with Gasteiger partial charge in [-0.15, -0.1) is 12.6 Å². The van der Waals surface area contributed by atoms with E-state index in [4.69, 9.17) is 25.9 Å². The molecule has 0 aliphatic heterocycles. The number of anilines is 1. The Balaban J connectivity index is 3.09. The van der Waals surface area contributed by atoms with E-state index in [1.54, 1.807) is 18.2 Å². The highest BCUT2D eigenvalue weighted by molar-refractivity contribution is 7.80. The van der Waals surface area contributed by atoms with Crippen molar-refractivity contribution in [1.82, 2.24) is 0 Å². The van der Waals surface area contributed by atoms with Gasteiger partial charge in [0.2, 0.25) is 5.71 Å². The molecule has 7 nitrogen and oxygen atoms in total. The van der Waals surface area contributed by atoms with Crippen LogP contribution in [-0.2, 0) is 0 Å². The average molecular weight is 279 g/mol. The van der Waals surface area contributed by atoms with E-state index in [-0.39, 0.29) is 5.71 Å². The van der Waals surface area contributed by atoms with Crippen LogP contribution >= 0.6 is 12.6 Å². The van der Waals surface area contributed by atoms with E-state index >= 15 is 0 Å². The molecule has 1 rings (SSSR count). The Labute approximate surface area is 115 Å². The SMILES string of the molecule is COc1cc(S)c(N/N=C(\C#N)C(=N)N)cc1OC. The first-order chi connectivity index (χ1) is 9.03. The molecule has 0 bridgehead atoms. The lowest BCUT2D eigenvalue weighted by molar-refractivity contribution is 0.354. The average Bonchev–Trinajstić information content (AvgIpc) is 2.40. The lowest BCUT2D eigenvalue weighted by Gasteiger charge is -2.11. The fourth-order valence-corrected chi connectivity index (χ4v) is 1.45. The Morgan fingerprint density at radius 2 is 2.00 bits per heavy atom. The van der Waals surface area contributed by atoms with Crippen molar-refractivity contribution in [3.8, 4) is 17.6 Å². The third-order valence-electron chi connectivity index (χ3n) is 2.15. The van der Waals surface area contributed by atoms with Crippen molar-refractivity contribution >= 4 is 29.9 Å². The maximum Gasteiger partial charge on any atom is 0.201 e. The molecule has 8 heteroatoms. The predicted octanol–water partition coefficient (Wildman–Crippen LogP) is 1.22. The zero-order valence-electron chi connectivity index (χ0n) is 10.4. The number of hydrogen-bond acceptors (Lipinski definition) is 7. The van der Waals surface area contributed by atoms with Crippen molar-refractivity contribution in [1.29, 1.82) is 10.7 Å². The summed E-state index contributed by atoms with van der Waals surface area (Å²) in [5.74, 6) is 0.588. The molecular formula is C11H13N5O2S. The molecule has 0 unspecified atom stereocenters. The predicted molar refractivity (Wildman–Crippen MR) is 75.4 cm³/mol. The van der Waals surface area contributed by atoms with Crippen molar-refractivity contribution in [2.75, 3.05) is 19.6 Å². The Hall–Kier alpha value is -2.40. The maximum absolute atomic E-state index is 8.72. The molecule has 19 heavy (non-hydrogen) atoms. The van der Waals surface area contributed by atoms with Gasteiger partial charge in [0.25, 0.3) is 0 Å². The van der Waals surface area contributed by atoms with Crippen LogP contribution in [0.5, 0.6) is 11.5 Å². The van der Waals surface area contributed by atoms with Crippen molar-refractivity contribution in [3.05, 3.63) is 12.1 Å². The van der Waals surface area contributed by atoms with E-state index in [9.17, 15) is 0 Å². The van der Waals surface area contributed by atoms with Crippen LogP contribution in [-0.4, -0.2) is 25.8 Å². The molecule has 100 valence electrons. The Morgan fingerprint density at radius 1 is 1.42 bits per heavy atom. The summed E-state index contributed by atoms with van der Waals surface area (Å²) in [6.07, 6.45) is 0. The molecule has 0 atom stereocenters. The van der Waals surface area contributed by atoms with Crippen LogP contribution < -0.4 is 20.6 Å². The lowest BCUT2D eigenvalue weighted by Crippen LogP contribution is -2.21. The number of benzene rings is 1. The molecule has 1 aromatic rings. The summed E-state index contributed by atoms with van der Waals surface area (Å²) in [5, 5.41) is 19.6. The monoisotopic (exact) mass is 279 g/mol. The van der Waals surface area contributed by atoms with Gasteiger partial charge in [-0.2, -0.15) is 10.4 Å². The van der Waals surface area contributed by atoms with E-state index < -0.39 is 5.84 Å². The third kappa shape index (κ3) is 3.53. The number of methoxy groups -OCH3 is 2. The number of rotatable bonds is 5. The number of nitrogens with zero attached hydrogens (tertiary/aromatic N) is 2. The first-order valence-corrected chi connectivity index (χ1v) is 5.51. The molecule has 0 fully saturated rings. The van der Waals surface area contributed by atoms with Gasteiger partial charge in [0, 0.05) is 11.0 Å². The zero-order valence-corrected chi connectivity index (χ0v) is 11.3. The molecular weight excluding hydrogens is 266 g/mol. The highest BCUT2D eigenvalue weighted by Crippen LogP contribution is 2.35. The first-order valence-electron chi connectivity index (χ1n) is 5.06. The molecule has 0 aliphatic carbocycles. The fraction of sp³-hybridized carbons (Fsp3) is 0.182. The van der Waals surface area contributed by atoms with E-state index in [0.717, 1.165) is 0 Å². The van der Waals surface area contributed by atoms with Crippen LogP contribution in [0.15, 0.2) is 22.1 Å². The van der Waals surface area contributed by atoms with Crippen LogP contribution in [0.2, 0.25) is 0 Å². The molecule has 0 amide bonds. The highest BCUT2D eigenvalue weighted by atomic mass is 32.1. The van der Waals surface area contributed by atoms with Crippen molar-refractivity contribution in [2.45, 2.75) is 4.90 Å². The summed E-state index contributed by atoms with van der Waals surface area (Å²) < 4.78 is 10.2. The zero-order chi connectivity index (χ0) is 14.4. The quantitative estimate of drug-likeness (QED) is 0.280. The molecule has 0 heterocycles. The summed E-state index contributed by atoms with van der Waals surface area (Å²) in [5.41, 5.74) is 8.06. The molecule has 0 saturated heterocycles. The minimum Gasteiger partial charge on any atom is -0.493 e. The lowest BCUT2D eigenvalue weighted by atomic mass is 10.3. The molecule has 0 aromatic heterocycles. The summed E-state index contributed by atoms with van der Waals surface area (Å²) in [6.45, 7) is 0. The second kappa shape index (κ2) is 6.51. The van der Waals surface area contributed by atoms with E-state index in [2.05, 4.69) is 23.2 Å². The van der Waals surface area contributed by atoms with Gasteiger partial charge in [0.1, 0.15) is 6.07 Å². The van der Waals surface area contributed by atoms with Gasteiger partial charge in [0.05, 0.1) is 19.9 Å². The largest absolute Gasteiger partial charge is 0.493 e. The summed E-state index contributed by atoms with van der Waals surface area (Å²) in [6, 6.07) is 4.95. The van der Waals surface area contributed by atoms with E-state index in [0.29, 0.717) is 22.1 Å². The number of nitriles is 1. The van der Waals surface area contributed by atoms with Crippen molar-refractivity contribution < 1.29 is 9.47 Å². The van der Waals surface area contributed by atoms with Crippen LogP contribution in [0.4, 0.5) is 5.69 Å². The Bertz CT molecular complexity index is 565. The second-order valence-electron chi connectivity index (χ2n) is 3.32. The van der Waals surface area contributed by atoms with E-state index in [1.165, 1.54) is 14.2 Å². The highest BCUT2D eigenvalue weighted by Gasteiger charge is 2.09. The Morgan fingerprint density at radius 3 is 2.47 bits per heavy atom. The summed E-state index contributed by atoms with van der Waals surface area (Å²) >= 11 is 4.26. The smallest absolute Gasteiger partial charge is 0.201 e. The maximum atomic E-state index is 8.72. The number of hydrogen-bond donors (Lipinski definition) is 4. The van der Waals surface area contributed by atoms with Gasteiger partial charge in [-0.05, 0) is 6.07 Å². The molecule has 4 N–H and O–H groups in total. The number of amidine groups is 1. The van der Waals surface area contributed by atoms with Gasteiger partial charge in [-0.1, -0.05) is 0 Å². The fourth-order valence-electron chi connectivity index (χ4n) is 1.22. The number of ether oxygens (including phenoxy) is 2. The summed E-state index contributed by atoms with van der Waals surface area (Å²) in [7, 11) is 3.01. The second-order valence-corrected chi connectivity index (χ2v) is 3.80. The van der Waals surface area contributed by atoms with Crippen LogP contribution in [0, 0.1) is 16.7 Å². The number of hydrazone groups is 1. The molecule has 0 aliphatic rings. The molecule has 1 aromatic carbocycles. The minimum absolute atomic E-state index is 0.220. The summed E-state index contributed by atoms with van der Waals surface area (Å²) in [4.78, 5) is 0.544. The van der Waals surface area contributed by atoms with Gasteiger partial charge in [-0.25, -0.2) is 0 Å². The van der Waals surface area contributed by atoms with Gasteiger partial charge >= 0.3 is 0 Å². The molecule has 0 radical (unpaired) electrons. The first kappa shape index (κ1) is 14.7. The van der Waals surface area contributed by atoms with Crippen LogP contribution in [0.25, 0.3) is 0 Å². The molecule has 0 saturated carbocycles. The van der Waals surface area contributed by atoms with Crippen molar-refractivity contribution in [2.24, 2.45) is 10.8 Å². The molecule has 0 spiro atoms. The van der Waals surface area contributed by atoms with E-state index in [1.807, 2.05) is 0 Å². The van der Waals surface area contributed by atoms with Gasteiger partial charge < -0.3 is 15.2 Å². The minimum atomic E-state index is -0.420.